The van der Waals surface area contributed by atoms with Crippen molar-refractivity contribution in [1.82, 2.24) is 4.31 Å². The van der Waals surface area contributed by atoms with E-state index in [9.17, 15) is 8.42 Å². The highest BCUT2D eigenvalue weighted by Crippen LogP contribution is 2.43. The lowest BCUT2D eigenvalue weighted by Crippen LogP contribution is -2.40. The summed E-state index contributed by atoms with van der Waals surface area (Å²) in [4.78, 5) is 0. The number of ether oxygens (including phenoxy) is 2. The number of hydrogen-bond donors (Lipinski definition) is 0. The lowest BCUT2D eigenvalue weighted by Gasteiger charge is -2.36. The van der Waals surface area contributed by atoms with Gasteiger partial charge in [-0.3, -0.25) is 0 Å². The van der Waals surface area contributed by atoms with Gasteiger partial charge in [0, 0.05) is 6.54 Å². The number of benzene rings is 2. The molecule has 0 aliphatic carbocycles. The van der Waals surface area contributed by atoms with E-state index in [4.69, 9.17) is 21.1 Å². The Bertz CT molecular complexity index is 1130. The minimum atomic E-state index is -3.72. The Balaban J connectivity index is 1.90. The first-order chi connectivity index (χ1) is 14.0. The summed E-state index contributed by atoms with van der Waals surface area (Å²) in [5, 5.41) is 0. The Morgan fingerprint density at radius 3 is 2.34 bits per heavy atom. The molecule has 1 aliphatic heterocycles. The predicted molar refractivity (Wildman–Crippen MR) is 115 cm³/mol. The van der Waals surface area contributed by atoms with E-state index in [0.717, 1.165) is 28.0 Å². The quantitative estimate of drug-likeness (QED) is 0.563. The van der Waals surface area contributed by atoms with E-state index in [1.54, 1.807) is 30.7 Å². The van der Waals surface area contributed by atoms with Gasteiger partial charge in [-0.05, 0) is 47.4 Å². The van der Waals surface area contributed by atoms with Crippen LogP contribution in [0, 0.1) is 0 Å². The first-order valence-corrected chi connectivity index (χ1v) is 11.7. The van der Waals surface area contributed by atoms with Crippen molar-refractivity contribution < 1.29 is 17.9 Å². The van der Waals surface area contributed by atoms with Gasteiger partial charge < -0.3 is 9.47 Å². The van der Waals surface area contributed by atoms with Crippen LogP contribution in [0.1, 0.15) is 22.7 Å². The summed E-state index contributed by atoms with van der Waals surface area (Å²) in [5.74, 6) is 1.21. The third-order valence-corrected chi connectivity index (χ3v) is 8.62. The van der Waals surface area contributed by atoms with Crippen LogP contribution in [0.3, 0.4) is 0 Å². The second-order valence-corrected chi connectivity index (χ2v) is 10.5. The van der Waals surface area contributed by atoms with Crippen LogP contribution in [-0.4, -0.2) is 33.5 Å². The Labute approximate surface area is 179 Å². The van der Waals surface area contributed by atoms with Gasteiger partial charge in [0.2, 0.25) is 0 Å². The van der Waals surface area contributed by atoms with Crippen LogP contribution in [0.4, 0.5) is 0 Å². The molecule has 2 aromatic carbocycles. The summed E-state index contributed by atoms with van der Waals surface area (Å²) >= 11 is 7.09. The number of hydrogen-bond acceptors (Lipinski definition) is 5. The molecule has 5 nitrogen and oxygen atoms in total. The fourth-order valence-electron chi connectivity index (χ4n) is 3.71. The molecule has 3 aromatic rings. The van der Waals surface area contributed by atoms with Gasteiger partial charge in [0.05, 0.1) is 24.6 Å². The van der Waals surface area contributed by atoms with Crippen LogP contribution in [0.15, 0.2) is 58.8 Å². The zero-order valence-electron chi connectivity index (χ0n) is 16.0. The maximum absolute atomic E-state index is 13.5. The molecule has 0 saturated heterocycles. The Hall–Kier alpha value is -2.06. The number of fused-ring (bicyclic) bond motifs is 1. The van der Waals surface area contributed by atoms with Crippen LogP contribution >= 0.6 is 22.9 Å². The highest BCUT2D eigenvalue weighted by molar-refractivity contribution is 7.91. The van der Waals surface area contributed by atoms with Gasteiger partial charge in [0.1, 0.15) is 4.21 Å². The lowest BCUT2D eigenvalue weighted by atomic mass is 9.89. The Kier molecular flexibility index (Phi) is 5.57. The molecule has 1 aliphatic rings. The number of thiophene rings is 1. The van der Waals surface area contributed by atoms with E-state index >= 15 is 0 Å². The largest absolute Gasteiger partial charge is 0.493 e. The van der Waals surface area contributed by atoms with Crippen LogP contribution in [-0.2, 0) is 16.4 Å². The summed E-state index contributed by atoms with van der Waals surface area (Å²) in [6, 6.07) is 16.2. The SMILES string of the molecule is COc1cc2c(cc1OC)C(c1ccccc1)N(S(=O)(=O)c1ccc(Cl)s1)CC2. The monoisotopic (exact) mass is 449 g/mol. The molecule has 0 fully saturated rings. The first kappa shape index (κ1) is 20.2. The smallest absolute Gasteiger partial charge is 0.253 e. The van der Waals surface area contributed by atoms with Gasteiger partial charge >= 0.3 is 0 Å². The minimum absolute atomic E-state index is 0.243. The molecule has 152 valence electrons. The highest BCUT2D eigenvalue weighted by Gasteiger charge is 2.38. The third kappa shape index (κ3) is 3.64. The molecule has 0 saturated carbocycles. The number of rotatable bonds is 5. The standard InChI is InChI=1S/C21H20ClNO4S2/c1-26-17-12-15-10-11-23(29(24,25)20-9-8-19(22)28-20)21(14-6-4-3-5-7-14)16(15)13-18(17)27-2/h3-9,12-13,21H,10-11H2,1-2H3. The van der Waals surface area contributed by atoms with E-state index in [1.807, 2.05) is 42.5 Å². The molecule has 0 spiro atoms. The predicted octanol–water partition coefficient (Wildman–Crippen LogP) is 4.76. The van der Waals surface area contributed by atoms with E-state index in [-0.39, 0.29) is 4.21 Å². The Morgan fingerprint density at radius 1 is 1.03 bits per heavy atom. The van der Waals surface area contributed by atoms with E-state index < -0.39 is 16.1 Å². The fourth-order valence-corrected chi connectivity index (χ4v) is 6.92. The molecule has 0 radical (unpaired) electrons. The molecular weight excluding hydrogens is 430 g/mol. The molecule has 1 unspecified atom stereocenters. The zero-order valence-corrected chi connectivity index (χ0v) is 18.4. The molecule has 0 N–H and O–H groups in total. The van der Waals surface area contributed by atoms with E-state index in [0.29, 0.717) is 28.8 Å². The van der Waals surface area contributed by atoms with Gasteiger partial charge in [0.25, 0.3) is 10.0 Å². The van der Waals surface area contributed by atoms with Crippen LogP contribution < -0.4 is 9.47 Å². The highest BCUT2D eigenvalue weighted by atomic mass is 35.5. The van der Waals surface area contributed by atoms with Crippen molar-refractivity contribution in [3.63, 3.8) is 0 Å². The van der Waals surface area contributed by atoms with Crippen molar-refractivity contribution in [2.75, 3.05) is 20.8 Å². The van der Waals surface area contributed by atoms with E-state index in [2.05, 4.69) is 0 Å². The first-order valence-electron chi connectivity index (χ1n) is 9.02. The van der Waals surface area contributed by atoms with Crippen LogP contribution in [0.2, 0.25) is 4.34 Å². The van der Waals surface area contributed by atoms with E-state index in [1.165, 1.54) is 0 Å². The molecule has 0 amide bonds. The molecule has 0 bridgehead atoms. The van der Waals surface area contributed by atoms with Crippen LogP contribution in [0.25, 0.3) is 0 Å². The molecule has 2 heterocycles. The molecule has 8 heteroatoms. The van der Waals surface area contributed by atoms with Crippen molar-refractivity contribution in [3.05, 3.63) is 75.6 Å². The average molecular weight is 450 g/mol. The van der Waals surface area contributed by atoms with Gasteiger partial charge in [0.15, 0.2) is 11.5 Å². The second-order valence-electron chi connectivity index (χ2n) is 6.64. The fraction of sp³-hybridized carbons (Fsp3) is 0.238. The molecular formula is C21H20ClNO4S2. The van der Waals surface area contributed by atoms with Gasteiger partial charge in [-0.2, -0.15) is 4.31 Å². The Morgan fingerprint density at radius 2 is 1.72 bits per heavy atom. The van der Waals surface area contributed by atoms with Crippen molar-refractivity contribution in [1.29, 1.82) is 0 Å². The van der Waals surface area contributed by atoms with Crippen molar-refractivity contribution in [2.45, 2.75) is 16.7 Å². The molecule has 1 atom stereocenters. The summed E-state index contributed by atoms with van der Waals surface area (Å²) in [6.45, 7) is 0.361. The van der Waals surface area contributed by atoms with Crippen LogP contribution in [0.5, 0.6) is 11.5 Å². The summed E-state index contributed by atoms with van der Waals surface area (Å²) < 4.78 is 40.2. The summed E-state index contributed by atoms with van der Waals surface area (Å²) in [5.41, 5.74) is 2.84. The number of nitrogens with zero attached hydrogens (tertiary/aromatic N) is 1. The zero-order chi connectivity index (χ0) is 20.6. The number of halogens is 1. The second kappa shape index (κ2) is 7.99. The number of sulfonamides is 1. The van der Waals surface area contributed by atoms with Gasteiger partial charge in [-0.15, -0.1) is 11.3 Å². The normalized spacial score (nSPS) is 17.0. The maximum Gasteiger partial charge on any atom is 0.253 e. The molecule has 29 heavy (non-hydrogen) atoms. The lowest BCUT2D eigenvalue weighted by molar-refractivity contribution is 0.332. The van der Waals surface area contributed by atoms with Crippen molar-refractivity contribution in [3.8, 4) is 11.5 Å². The minimum Gasteiger partial charge on any atom is -0.493 e. The summed E-state index contributed by atoms with van der Waals surface area (Å²) in [7, 11) is -0.549. The third-order valence-electron chi connectivity index (χ3n) is 5.06. The number of methoxy groups -OCH3 is 2. The average Bonchev–Trinajstić information content (AvgIpc) is 3.19. The maximum atomic E-state index is 13.5. The molecule has 1 aromatic heterocycles. The van der Waals surface area contributed by atoms with Crippen molar-refractivity contribution >= 4 is 33.0 Å². The topological polar surface area (TPSA) is 55.8 Å². The van der Waals surface area contributed by atoms with Crippen molar-refractivity contribution in [2.24, 2.45) is 0 Å². The van der Waals surface area contributed by atoms with Gasteiger partial charge in [-0.1, -0.05) is 41.9 Å². The van der Waals surface area contributed by atoms with Gasteiger partial charge in [-0.25, -0.2) is 8.42 Å². The molecule has 4 rings (SSSR count). The summed E-state index contributed by atoms with van der Waals surface area (Å²) in [6.07, 6.45) is 0.581.